The van der Waals surface area contributed by atoms with E-state index in [0.29, 0.717) is 16.9 Å². The van der Waals surface area contributed by atoms with Gasteiger partial charge >= 0.3 is 12.0 Å². The first-order valence-electron chi connectivity index (χ1n) is 8.15. The van der Waals surface area contributed by atoms with Crippen molar-refractivity contribution in [1.29, 1.82) is 0 Å². The summed E-state index contributed by atoms with van der Waals surface area (Å²) in [5, 5.41) is 5.42. The van der Waals surface area contributed by atoms with Crippen molar-refractivity contribution in [2.75, 3.05) is 10.6 Å². The first-order chi connectivity index (χ1) is 12.7. The van der Waals surface area contributed by atoms with E-state index < -0.39 is 5.97 Å². The molecule has 0 aliphatic carbocycles. The first kappa shape index (κ1) is 17.2. The number of anilines is 2. The standard InChI is InChI=1S/C21H18N2O3/c24-20(26-15-16-8-3-1-4-9-16)17-10-7-13-19(14-17)23-21(25)22-18-11-5-2-6-12-18/h1-14H,15H2,(H2,22,23,25). The number of nitrogens with one attached hydrogen (secondary N) is 2. The lowest BCUT2D eigenvalue weighted by atomic mass is 10.2. The summed E-state index contributed by atoms with van der Waals surface area (Å²) in [6, 6.07) is 24.8. The molecule has 3 aromatic carbocycles. The van der Waals surface area contributed by atoms with Gasteiger partial charge in [-0.05, 0) is 35.9 Å². The second-order valence-corrected chi connectivity index (χ2v) is 5.59. The molecule has 0 spiro atoms. The number of hydrogen-bond acceptors (Lipinski definition) is 3. The Labute approximate surface area is 151 Å². The zero-order valence-corrected chi connectivity index (χ0v) is 14.0. The molecule has 26 heavy (non-hydrogen) atoms. The highest BCUT2D eigenvalue weighted by atomic mass is 16.5. The van der Waals surface area contributed by atoms with E-state index in [9.17, 15) is 9.59 Å². The fourth-order valence-corrected chi connectivity index (χ4v) is 2.35. The minimum absolute atomic E-state index is 0.200. The molecule has 0 radical (unpaired) electrons. The van der Waals surface area contributed by atoms with E-state index in [0.717, 1.165) is 5.56 Å². The molecule has 130 valence electrons. The maximum Gasteiger partial charge on any atom is 0.338 e. The summed E-state index contributed by atoms with van der Waals surface area (Å²) < 4.78 is 5.30. The van der Waals surface area contributed by atoms with Crippen LogP contribution >= 0.6 is 0 Å². The average Bonchev–Trinajstić information content (AvgIpc) is 2.68. The summed E-state index contributed by atoms with van der Waals surface area (Å²) >= 11 is 0. The van der Waals surface area contributed by atoms with Crippen LogP contribution in [-0.4, -0.2) is 12.0 Å². The van der Waals surface area contributed by atoms with E-state index in [2.05, 4.69) is 10.6 Å². The van der Waals surface area contributed by atoms with Gasteiger partial charge in [-0.2, -0.15) is 0 Å². The number of amides is 2. The number of carbonyl (C=O) groups is 2. The molecular weight excluding hydrogens is 328 g/mol. The zero-order valence-electron chi connectivity index (χ0n) is 14.0. The number of para-hydroxylation sites is 1. The Morgan fingerprint density at radius 3 is 2.08 bits per heavy atom. The van der Waals surface area contributed by atoms with Gasteiger partial charge in [-0.15, -0.1) is 0 Å². The van der Waals surface area contributed by atoms with Crippen molar-refractivity contribution < 1.29 is 14.3 Å². The summed E-state index contributed by atoms with van der Waals surface area (Å²) in [4.78, 5) is 24.2. The molecule has 0 aliphatic rings. The number of benzene rings is 3. The largest absolute Gasteiger partial charge is 0.457 e. The minimum Gasteiger partial charge on any atom is -0.457 e. The molecule has 0 saturated carbocycles. The normalized spacial score (nSPS) is 10.0. The van der Waals surface area contributed by atoms with E-state index >= 15 is 0 Å². The predicted molar refractivity (Wildman–Crippen MR) is 101 cm³/mol. The summed E-state index contributed by atoms with van der Waals surface area (Å²) in [5.41, 5.74) is 2.48. The van der Waals surface area contributed by atoms with Gasteiger partial charge in [0.1, 0.15) is 6.61 Å². The van der Waals surface area contributed by atoms with Gasteiger partial charge in [0, 0.05) is 11.4 Å². The second kappa shape index (κ2) is 8.48. The molecule has 0 bridgehead atoms. The van der Waals surface area contributed by atoms with Gasteiger partial charge in [0.15, 0.2) is 0 Å². The monoisotopic (exact) mass is 346 g/mol. The highest BCUT2D eigenvalue weighted by Gasteiger charge is 2.09. The van der Waals surface area contributed by atoms with E-state index in [1.807, 2.05) is 48.5 Å². The Morgan fingerprint density at radius 2 is 1.35 bits per heavy atom. The lowest BCUT2D eigenvalue weighted by Crippen LogP contribution is -2.19. The predicted octanol–water partition coefficient (Wildman–Crippen LogP) is 4.69. The van der Waals surface area contributed by atoms with Crippen LogP contribution in [0.2, 0.25) is 0 Å². The van der Waals surface area contributed by atoms with E-state index in [-0.39, 0.29) is 12.6 Å². The van der Waals surface area contributed by atoms with Crippen LogP contribution in [0.25, 0.3) is 0 Å². The Morgan fingerprint density at radius 1 is 0.731 bits per heavy atom. The van der Waals surface area contributed by atoms with Gasteiger partial charge in [-0.25, -0.2) is 9.59 Å². The van der Waals surface area contributed by atoms with Gasteiger partial charge in [0.05, 0.1) is 5.56 Å². The number of hydrogen-bond donors (Lipinski definition) is 2. The molecule has 3 rings (SSSR count). The molecule has 0 aliphatic heterocycles. The molecule has 0 saturated heterocycles. The Hall–Kier alpha value is -3.60. The van der Waals surface area contributed by atoms with Gasteiger partial charge in [-0.1, -0.05) is 54.6 Å². The number of esters is 1. The molecule has 0 heterocycles. The van der Waals surface area contributed by atoms with Crippen LogP contribution in [0.3, 0.4) is 0 Å². The number of carbonyl (C=O) groups excluding carboxylic acids is 2. The topological polar surface area (TPSA) is 67.4 Å². The van der Waals surface area contributed by atoms with Crippen molar-refractivity contribution in [3.63, 3.8) is 0 Å². The van der Waals surface area contributed by atoms with Crippen molar-refractivity contribution >= 4 is 23.4 Å². The van der Waals surface area contributed by atoms with Gasteiger partial charge in [0.2, 0.25) is 0 Å². The van der Waals surface area contributed by atoms with Crippen molar-refractivity contribution in [2.45, 2.75) is 6.61 Å². The van der Waals surface area contributed by atoms with Gasteiger partial charge in [-0.3, -0.25) is 0 Å². The third-order valence-corrected chi connectivity index (χ3v) is 3.60. The van der Waals surface area contributed by atoms with Crippen molar-refractivity contribution in [1.82, 2.24) is 0 Å². The van der Waals surface area contributed by atoms with Gasteiger partial charge in [0.25, 0.3) is 0 Å². The fourth-order valence-electron chi connectivity index (χ4n) is 2.35. The lowest BCUT2D eigenvalue weighted by Gasteiger charge is -2.09. The molecule has 2 amide bonds. The van der Waals surface area contributed by atoms with Crippen LogP contribution in [-0.2, 0) is 11.3 Å². The van der Waals surface area contributed by atoms with Crippen LogP contribution in [0.1, 0.15) is 15.9 Å². The molecule has 5 nitrogen and oxygen atoms in total. The van der Waals surface area contributed by atoms with E-state index in [1.54, 1.807) is 36.4 Å². The zero-order chi connectivity index (χ0) is 18.2. The molecule has 3 aromatic rings. The molecule has 0 fully saturated rings. The quantitative estimate of drug-likeness (QED) is 0.659. The van der Waals surface area contributed by atoms with Crippen LogP contribution < -0.4 is 10.6 Å². The third-order valence-electron chi connectivity index (χ3n) is 3.60. The van der Waals surface area contributed by atoms with E-state index in [4.69, 9.17) is 4.74 Å². The first-order valence-corrected chi connectivity index (χ1v) is 8.15. The summed E-state index contributed by atoms with van der Waals surface area (Å²) in [5.74, 6) is -0.444. The average molecular weight is 346 g/mol. The SMILES string of the molecule is O=C(Nc1ccccc1)Nc1cccc(C(=O)OCc2ccccc2)c1. The summed E-state index contributed by atoms with van der Waals surface area (Å²) in [6.45, 7) is 0.200. The number of urea groups is 1. The molecule has 5 heteroatoms. The second-order valence-electron chi connectivity index (χ2n) is 5.59. The Bertz CT molecular complexity index is 880. The maximum atomic E-state index is 12.2. The lowest BCUT2D eigenvalue weighted by molar-refractivity contribution is 0.0472. The van der Waals surface area contributed by atoms with Crippen LogP contribution in [0, 0.1) is 0 Å². The summed E-state index contributed by atoms with van der Waals surface area (Å²) in [6.07, 6.45) is 0. The molecule has 0 atom stereocenters. The van der Waals surface area contributed by atoms with Crippen LogP contribution in [0.5, 0.6) is 0 Å². The third kappa shape index (κ3) is 4.95. The van der Waals surface area contributed by atoms with E-state index in [1.165, 1.54) is 0 Å². The van der Waals surface area contributed by atoms with Crippen molar-refractivity contribution in [2.24, 2.45) is 0 Å². The van der Waals surface area contributed by atoms with Crippen molar-refractivity contribution in [3.05, 3.63) is 96.1 Å². The molecular formula is C21H18N2O3. The highest BCUT2D eigenvalue weighted by molar-refractivity contribution is 6.00. The van der Waals surface area contributed by atoms with Gasteiger partial charge < -0.3 is 15.4 Å². The number of ether oxygens (including phenoxy) is 1. The summed E-state index contributed by atoms with van der Waals surface area (Å²) in [7, 11) is 0. The molecule has 2 N–H and O–H groups in total. The smallest absolute Gasteiger partial charge is 0.338 e. The Kier molecular flexibility index (Phi) is 5.62. The highest BCUT2D eigenvalue weighted by Crippen LogP contribution is 2.14. The molecule has 0 unspecified atom stereocenters. The fraction of sp³-hybridized carbons (Fsp3) is 0.0476. The van der Waals surface area contributed by atoms with Crippen molar-refractivity contribution in [3.8, 4) is 0 Å². The molecule has 0 aromatic heterocycles. The van der Waals surface area contributed by atoms with Crippen LogP contribution in [0.4, 0.5) is 16.2 Å². The van der Waals surface area contributed by atoms with Crippen LogP contribution in [0.15, 0.2) is 84.9 Å². The maximum absolute atomic E-state index is 12.2. The number of rotatable bonds is 5. The minimum atomic E-state index is -0.444. The Balaban J connectivity index is 1.58.